The van der Waals surface area contributed by atoms with Crippen LogP contribution in [0.1, 0.15) is 5.56 Å². The second kappa shape index (κ2) is 10.8. The minimum atomic E-state index is -1.27. The first-order chi connectivity index (χ1) is 11.2. The van der Waals surface area contributed by atoms with E-state index in [0.717, 1.165) is 12.7 Å². The van der Waals surface area contributed by atoms with E-state index < -0.39 is 12.0 Å². The Morgan fingerprint density at radius 1 is 1.08 bits per heavy atom. The first-order valence-electron chi connectivity index (χ1n) is 6.49. The van der Waals surface area contributed by atoms with E-state index in [4.69, 9.17) is 10.5 Å². The Labute approximate surface area is 221 Å². The third-order valence-corrected chi connectivity index (χ3v) is 6.27. The summed E-state index contributed by atoms with van der Waals surface area (Å²) in [5.41, 5.74) is 6.34. The topological polar surface area (TPSA) is 95.6 Å². The van der Waals surface area contributed by atoms with Crippen LogP contribution in [0.25, 0.3) is 0 Å². The van der Waals surface area contributed by atoms with Gasteiger partial charge in [-0.05, 0) is 127 Å². The SMILES string of the molecule is N[C@H](Cc1cc(I)c(Oc2cc(I)c(O)c(I)c2)c(I)c1)C(=O)[O-].[Na+]. The number of benzene rings is 2. The van der Waals surface area contributed by atoms with Crippen molar-refractivity contribution >= 4 is 96.3 Å². The Bertz CT molecular complexity index is 757. The van der Waals surface area contributed by atoms with E-state index in [0.29, 0.717) is 18.6 Å². The molecule has 2 rings (SSSR count). The van der Waals surface area contributed by atoms with Crippen LogP contribution in [0.5, 0.6) is 17.2 Å². The summed E-state index contributed by atoms with van der Waals surface area (Å²) in [6.45, 7) is 0. The molecule has 0 radical (unpaired) electrons. The third-order valence-electron chi connectivity index (χ3n) is 3.03. The molecule has 1 atom stereocenters. The van der Waals surface area contributed by atoms with E-state index in [1.54, 1.807) is 12.1 Å². The summed E-state index contributed by atoms with van der Waals surface area (Å²) in [6.07, 6.45) is 0.198. The fraction of sp³-hybridized carbons (Fsp3) is 0.133. The fourth-order valence-electron chi connectivity index (χ4n) is 1.88. The maximum Gasteiger partial charge on any atom is 1.00 e. The number of phenols is 1. The molecule has 5 nitrogen and oxygen atoms in total. The van der Waals surface area contributed by atoms with Crippen molar-refractivity contribution in [2.45, 2.75) is 12.5 Å². The van der Waals surface area contributed by atoms with Crippen molar-refractivity contribution in [3.05, 3.63) is 44.1 Å². The summed E-state index contributed by atoms with van der Waals surface area (Å²) >= 11 is 8.37. The van der Waals surface area contributed by atoms with Crippen LogP contribution in [0.2, 0.25) is 0 Å². The molecule has 0 amide bonds. The van der Waals surface area contributed by atoms with Crippen LogP contribution >= 0.6 is 90.4 Å². The number of aliphatic carboxylic acids is 1. The van der Waals surface area contributed by atoms with Gasteiger partial charge in [0.1, 0.15) is 11.5 Å². The molecule has 2 aromatic rings. The number of ether oxygens (including phenoxy) is 1. The summed E-state index contributed by atoms with van der Waals surface area (Å²) in [7, 11) is 0. The predicted molar refractivity (Wildman–Crippen MR) is 122 cm³/mol. The molecule has 0 aliphatic rings. The van der Waals surface area contributed by atoms with Crippen LogP contribution in [0, 0.1) is 14.3 Å². The first-order valence-corrected chi connectivity index (χ1v) is 10.8. The molecule has 3 N–H and O–H groups in total. The molecule has 25 heavy (non-hydrogen) atoms. The summed E-state index contributed by atoms with van der Waals surface area (Å²) in [5, 5.41) is 20.6. The van der Waals surface area contributed by atoms with Gasteiger partial charge in [0, 0.05) is 6.04 Å². The standard InChI is InChI=1S/C15H11I4NO4.Na/c16-8-4-7(5-9(17)13(8)21)24-14-10(18)1-6(2-11(14)19)3-12(20)15(22)23;/h1-2,4-5,12,21H,3,20H2,(H,22,23);/q;+1/p-1/t12-;/m1./s1. The van der Waals surface area contributed by atoms with Crippen LogP contribution in [0.3, 0.4) is 0 Å². The van der Waals surface area contributed by atoms with Gasteiger partial charge in [-0.2, -0.15) is 0 Å². The molecule has 2 aromatic carbocycles. The van der Waals surface area contributed by atoms with Gasteiger partial charge in [0.15, 0.2) is 5.75 Å². The molecule has 0 spiro atoms. The third kappa shape index (κ3) is 6.74. The normalized spacial score (nSPS) is 11.6. The molecule has 10 heteroatoms. The van der Waals surface area contributed by atoms with Crippen molar-refractivity contribution in [3.8, 4) is 17.2 Å². The Balaban J connectivity index is 0.00000312. The fourth-order valence-corrected chi connectivity index (χ4v) is 5.71. The van der Waals surface area contributed by atoms with Crippen LogP contribution < -0.4 is 45.1 Å². The first kappa shape index (κ1) is 24.4. The van der Waals surface area contributed by atoms with E-state index in [2.05, 4.69) is 45.2 Å². The van der Waals surface area contributed by atoms with E-state index in [9.17, 15) is 15.0 Å². The van der Waals surface area contributed by atoms with Gasteiger partial charge in [0.05, 0.1) is 20.3 Å². The van der Waals surface area contributed by atoms with E-state index >= 15 is 0 Å². The number of hydrogen-bond acceptors (Lipinski definition) is 5. The number of nitrogens with two attached hydrogens (primary N) is 1. The maximum absolute atomic E-state index is 10.8. The number of carboxylic acids is 1. The summed E-state index contributed by atoms with van der Waals surface area (Å²) in [5.74, 6) is 0.268. The Kier molecular flexibility index (Phi) is 10.6. The number of carbonyl (C=O) groups excluding carboxylic acids is 1. The van der Waals surface area contributed by atoms with Crippen LogP contribution in [-0.2, 0) is 11.2 Å². The second-order valence-electron chi connectivity index (χ2n) is 4.86. The Hall–Kier alpha value is 1.39. The molecular formula is C15H10I4NNaO4. The number of halogens is 4. The van der Waals surface area contributed by atoms with Gasteiger partial charge in [-0.25, -0.2) is 0 Å². The Morgan fingerprint density at radius 2 is 1.56 bits per heavy atom. The van der Waals surface area contributed by atoms with Crippen LogP contribution in [0.4, 0.5) is 0 Å². The zero-order chi connectivity index (χ0) is 18.0. The van der Waals surface area contributed by atoms with E-state index in [1.165, 1.54) is 0 Å². The average molecular weight is 799 g/mol. The summed E-state index contributed by atoms with van der Waals surface area (Å²) in [4.78, 5) is 10.8. The molecule has 0 aliphatic heterocycles. The molecule has 0 unspecified atom stereocenters. The molecule has 0 bridgehead atoms. The van der Waals surface area contributed by atoms with Gasteiger partial charge in [-0.3, -0.25) is 0 Å². The van der Waals surface area contributed by atoms with Crippen molar-refractivity contribution in [2.24, 2.45) is 5.73 Å². The average Bonchev–Trinajstić information content (AvgIpc) is 2.48. The van der Waals surface area contributed by atoms with Crippen LogP contribution in [-0.4, -0.2) is 17.1 Å². The molecule has 128 valence electrons. The maximum atomic E-state index is 10.8. The minimum absolute atomic E-state index is 0. The van der Waals surface area contributed by atoms with Crippen molar-refractivity contribution < 1.29 is 49.3 Å². The molecule has 0 saturated carbocycles. The number of aromatic hydroxyl groups is 1. The van der Waals surface area contributed by atoms with Crippen molar-refractivity contribution in [1.82, 2.24) is 0 Å². The number of carboxylic acid groups (broad SMARTS) is 1. The summed E-state index contributed by atoms with van der Waals surface area (Å²) < 4.78 is 9.07. The van der Waals surface area contributed by atoms with Gasteiger partial charge in [-0.1, -0.05) is 0 Å². The van der Waals surface area contributed by atoms with Gasteiger partial charge >= 0.3 is 29.6 Å². The Morgan fingerprint density at radius 3 is 2.00 bits per heavy atom. The van der Waals surface area contributed by atoms with Gasteiger partial charge in [0.2, 0.25) is 0 Å². The smallest absolute Gasteiger partial charge is 0.548 e. The van der Waals surface area contributed by atoms with Crippen LogP contribution in [0.15, 0.2) is 24.3 Å². The zero-order valence-electron chi connectivity index (χ0n) is 12.9. The molecule has 0 saturated heterocycles. The van der Waals surface area contributed by atoms with Crippen molar-refractivity contribution in [3.63, 3.8) is 0 Å². The molecule has 0 aliphatic carbocycles. The second-order valence-corrected chi connectivity index (χ2v) is 9.50. The van der Waals surface area contributed by atoms with E-state index in [1.807, 2.05) is 57.3 Å². The van der Waals surface area contributed by atoms with Crippen molar-refractivity contribution in [1.29, 1.82) is 0 Å². The van der Waals surface area contributed by atoms with Gasteiger partial charge in [-0.15, -0.1) is 0 Å². The van der Waals surface area contributed by atoms with Gasteiger partial charge < -0.3 is 25.5 Å². The quantitative estimate of drug-likeness (QED) is 0.334. The number of rotatable bonds is 5. The molecule has 0 heterocycles. The summed E-state index contributed by atoms with van der Waals surface area (Å²) in [6, 6.07) is 6.16. The number of phenolic OH excluding ortho intramolecular Hbond substituents is 1. The largest absolute Gasteiger partial charge is 1.00 e. The molecular weight excluding hydrogens is 789 g/mol. The molecule has 0 fully saturated rings. The predicted octanol–water partition coefficient (Wildman–Crippen LogP) is 0.227. The number of carbonyl (C=O) groups is 1. The zero-order valence-corrected chi connectivity index (χ0v) is 23.5. The monoisotopic (exact) mass is 799 g/mol. The van der Waals surface area contributed by atoms with E-state index in [-0.39, 0.29) is 41.7 Å². The minimum Gasteiger partial charge on any atom is -0.548 e. The molecule has 0 aromatic heterocycles. The van der Waals surface area contributed by atoms with Crippen molar-refractivity contribution in [2.75, 3.05) is 0 Å². The van der Waals surface area contributed by atoms with Gasteiger partial charge in [0.25, 0.3) is 0 Å². The number of hydrogen-bond donors (Lipinski definition) is 2.